The Labute approximate surface area is 171 Å². The molecule has 0 saturated heterocycles. The molecule has 0 bridgehead atoms. The molecular formula is C18H24ClIN4O. The van der Waals surface area contributed by atoms with Crippen molar-refractivity contribution < 1.29 is 4.74 Å². The first-order valence-corrected chi connectivity index (χ1v) is 8.45. The van der Waals surface area contributed by atoms with Gasteiger partial charge in [0.25, 0.3) is 0 Å². The van der Waals surface area contributed by atoms with Crippen molar-refractivity contribution in [1.82, 2.24) is 15.6 Å². The van der Waals surface area contributed by atoms with Crippen molar-refractivity contribution >= 4 is 41.5 Å². The molecule has 0 atom stereocenters. The Morgan fingerprint density at radius 1 is 1.24 bits per heavy atom. The van der Waals surface area contributed by atoms with E-state index >= 15 is 0 Å². The first-order chi connectivity index (χ1) is 11.8. The van der Waals surface area contributed by atoms with Gasteiger partial charge >= 0.3 is 0 Å². The predicted molar refractivity (Wildman–Crippen MR) is 114 cm³/mol. The first kappa shape index (κ1) is 21.5. The first-order valence-electron chi connectivity index (χ1n) is 8.07. The highest BCUT2D eigenvalue weighted by atomic mass is 127. The maximum Gasteiger partial charge on any atom is 0.191 e. The van der Waals surface area contributed by atoms with Crippen molar-refractivity contribution in [1.29, 1.82) is 0 Å². The van der Waals surface area contributed by atoms with Crippen molar-refractivity contribution in [2.45, 2.75) is 13.3 Å². The van der Waals surface area contributed by atoms with E-state index in [1.165, 1.54) is 5.56 Å². The van der Waals surface area contributed by atoms with Crippen LogP contribution in [0.5, 0.6) is 5.75 Å². The molecule has 5 nitrogen and oxygen atoms in total. The third-order valence-corrected chi connectivity index (χ3v) is 3.44. The number of halogens is 2. The molecule has 1 heterocycles. The van der Waals surface area contributed by atoms with E-state index in [2.05, 4.69) is 26.7 Å². The van der Waals surface area contributed by atoms with E-state index in [4.69, 9.17) is 16.3 Å². The summed E-state index contributed by atoms with van der Waals surface area (Å²) in [5.74, 6) is 1.55. The number of nitrogens with one attached hydrogen (secondary N) is 2. The number of nitrogens with zero attached hydrogens (tertiary/aromatic N) is 2. The van der Waals surface area contributed by atoms with Gasteiger partial charge in [0.15, 0.2) is 5.96 Å². The smallest absolute Gasteiger partial charge is 0.191 e. The quantitative estimate of drug-likeness (QED) is 0.266. The Balaban J connectivity index is 0.00000312. The lowest BCUT2D eigenvalue weighted by Gasteiger charge is -2.12. The lowest BCUT2D eigenvalue weighted by Crippen LogP contribution is -2.39. The van der Waals surface area contributed by atoms with Gasteiger partial charge in [-0.05, 0) is 43.2 Å². The Bertz CT molecular complexity index is 640. The number of hydrogen-bond acceptors (Lipinski definition) is 3. The van der Waals surface area contributed by atoms with Crippen LogP contribution in [0.25, 0.3) is 0 Å². The molecule has 7 heteroatoms. The van der Waals surface area contributed by atoms with Crippen LogP contribution in [0.1, 0.15) is 12.5 Å². The van der Waals surface area contributed by atoms with Gasteiger partial charge in [-0.15, -0.1) is 24.0 Å². The van der Waals surface area contributed by atoms with Gasteiger partial charge in [-0.25, -0.2) is 0 Å². The molecule has 0 aliphatic rings. The molecule has 0 aliphatic heterocycles. The average molecular weight is 475 g/mol. The second kappa shape index (κ2) is 12.8. The highest BCUT2D eigenvalue weighted by Crippen LogP contribution is 2.11. The Hall–Kier alpha value is -1.54. The highest BCUT2D eigenvalue weighted by molar-refractivity contribution is 14.0. The van der Waals surface area contributed by atoms with E-state index in [0.717, 1.165) is 29.7 Å². The van der Waals surface area contributed by atoms with Gasteiger partial charge in [0.1, 0.15) is 12.4 Å². The van der Waals surface area contributed by atoms with Crippen molar-refractivity contribution in [2.24, 2.45) is 4.99 Å². The fraction of sp³-hybridized carbons (Fsp3) is 0.333. The van der Waals surface area contributed by atoms with Gasteiger partial charge in [-0.2, -0.15) is 0 Å². The minimum Gasteiger partial charge on any atom is -0.490 e. The van der Waals surface area contributed by atoms with Crippen LogP contribution in [0.3, 0.4) is 0 Å². The van der Waals surface area contributed by atoms with E-state index in [-0.39, 0.29) is 24.0 Å². The van der Waals surface area contributed by atoms with Gasteiger partial charge in [0, 0.05) is 24.3 Å². The lowest BCUT2D eigenvalue weighted by atomic mass is 10.1. The van der Waals surface area contributed by atoms with E-state index in [1.807, 2.05) is 37.3 Å². The van der Waals surface area contributed by atoms with Crippen LogP contribution in [0.4, 0.5) is 0 Å². The van der Waals surface area contributed by atoms with E-state index in [0.29, 0.717) is 19.7 Å². The second-order valence-corrected chi connectivity index (χ2v) is 5.54. The van der Waals surface area contributed by atoms with E-state index in [1.54, 1.807) is 12.4 Å². The SMILES string of the molecule is CCNC(=NCCc1cccc(Cl)c1)NCCOc1cccnc1.I. The minimum absolute atomic E-state index is 0. The average Bonchev–Trinajstić information content (AvgIpc) is 2.59. The van der Waals surface area contributed by atoms with E-state index in [9.17, 15) is 0 Å². The Morgan fingerprint density at radius 2 is 2.12 bits per heavy atom. The molecule has 0 unspecified atom stereocenters. The van der Waals surface area contributed by atoms with E-state index < -0.39 is 0 Å². The number of ether oxygens (including phenoxy) is 1. The normalized spacial score (nSPS) is 10.7. The zero-order valence-electron chi connectivity index (χ0n) is 14.2. The molecule has 2 N–H and O–H groups in total. The molecule has 2 aromatic rings. The topological polar surface area (TPSA) is 58.5 Å². The molecule has 25 heavy (non-hydrogen) atoms. The number of hydrogen-bond donors (Lipinski definition) is 2. The van der Waals surface area contributed by atoms with Crippen molar-refractivity contribution in [3.8, 4) is 5.75 Å². The third-order valence-electron chi connectivity index (χ3n) is 3.20. The van der Waals surface area contributed by atoms with Crippen molar-refractivity contribution in [2.75, 3.05) is 26.2 Å². The number of rotatable bonds is 8. The third kappa shape index (κ3) is 8.92. The van der Waals surface area contributed by atoms with Crippen LogP contribution in [-0.2, 0) is 6.42 Å². The van der Waals surface area contributed by atoms with Crippen LogP contribution < -0.4 is 15.4 Å². The highest BCUT2D eigenvalue weighted by Gasteiger charge is 1.99. The molecule has 2 rings (SSSR count). The fourth-order valence-corrected chi connectivity index (χ4v) is 2.31. The summed E-state index contributed by atoms with van der Waals surface area (Å²) < 4.78 is 5.60. The summed E-state index contributed by atoms with van der Waals surface area (Å²) in [5.41, 5.74) is 1.18. The molecule has 1 aromatic heterocycles. The molecule has 0 radical (unpaired) electrons. The van der Waals surface area contributed by atoms with Crippen molar-refractivity contribution in [3.05, 3.63) is 59.4 Å². The molecule has 0 saturated carbocycles. The van der Waals surface area contributed by atoms with Crippen LogP contribution >= 0.6 is 35.6 Å². The summed E-state index contributed by atoms with van der Waals surface area (Å²) in [6, 6.07) is 11.6. The molecule has 0 spiro atoms. The van der Waals surface area contributed by atoms with Crippen LogP contribution in [0, 0.1) is 0 Å². The molecular weight excluding hydrogens is 451 g/mol. The van der Waals surface area contributed by atoms with Gasteiger partial charge in [0.05, 0.1) is 12.7 Å². The van der Waals surface area contributed by atoms with Gasteiger partial charge in [-0.3, -0.25) is 9.98 Å². The number of benzene rings is 1. The minimum atomic E-state index is 0. The van der Waals surface area contributed by atoms with Crippen LogP contribution in [-0.4, -0.2) is 37.2 Å². The number of aliphatic imine (C=N–C) groups is 1. The summed E-state index contributed by atoms with van der Waals surface area (Å²) in [5, 5.41) is 7.24. The molecule has 136 valence electrons. The maximum atomic E-state index is 5.99. The largest absolute Gasteiger partial charge is 0.490 e. The van der Waals surface area contributed by atoms with Crippen molar-refractivity contribution in [3.63, 3.8) is 0 Å². The summed E-state index contributed by atoms with van der Waals surface area (Å²) in [6.45, 7) is 4.76. The number of pyridine rings is 1. The van der Waals surface area contributed by atoms with Crippen LogP contribution in [0.2, 0.25) is 5.02 Å². The molecule has 1 aromatic carbocycles. The fourth-order valence-electron chi connectivity index (χ4n) is 2.10. The molecule has 0 fully saturated rings. The predicted octanol–water partition coefficient (Wildman–Crippen LogP) is 3.53. The maximum absolute atomic E-state index is 5.99. The van der Waals surface area contributed by atoms with Gasteiger partial charge in [-0.1, -0.05) is 23.7 Å². The lowest BCUT2D eigenvalue weighted by molar-refractivity contribution is 0.320. The zero-order valence-corrected chi connectivity index (χ0v) is 17.3. The van der Waals surface area contributed by atoms with Gasteiger partial charge in [0.2, 0.25) is 0 Å². The summed E-state index contributed by atoms with van der Waals surface area (Å²) in [4.78, 5) is 8.58. The molecule has 0 amide bonds. The Morgan fingerprint density at radius 3 is 2.84 bits per heavy atom. The number of aromatic nitrogens is 1. The second-order valence-electron chi connectivity index (χ2n) is 5.10. The monoisotopic (exact) mass is 474 g/mol. The summed E-state index contributed by atoms with van der Waals surface area (Å²) in [7, 11) is 0. The number of guanidine groups is 1. The van der Waals surface area contributed by atoms with Gasteiger partial charge < -0.3 is 15.4 Å². The summed E-state index contributed by atoms with van der Waals surface area (Å²) >= 11 is 5.99. The Kier molecular flexibility index (Phi) is 11.0. The summed E-state index contributed by atoms with van der Waals surface area (Å²) in [6.07, 6.45) is 4.27. The standard InChI is InChI=1S/C18H23ClN4O.HI/c1-2-21-18(22-10-8-15-5-3-6-16(19)13-15)23-11-12-24-17-7-4-9-20-14-17;/h3-7,9,13-14H,2,8,10-12H2,1H3,(H2,21,22,23);1H. The van der Waals surface area contributed by atoms with Crippen LogP contribution in [0.15, 0.2) is 53.8 Å². The molecule has 0 aliphatic carbocycles. The zero-order chi connectivity index (χ0) is 17.0.